The molecule has 0 saturated carbocycles. The molecular formula is C11H9NO2. The van der Waals surface area contributed by atoms with Crippen molar-refractivity contribution in [2.24, 2.45) is 0 Å². The number of hydrogen-bond donors (Lipinski definition) is 0. The van der Waals surface area contributed by atoms with E-state index in [0.717, 1.165) is 22.9 Å². The van der Waals surface area contributed by atoms with Gasteiger partial charge in [0.15, 0.2) is 6.29 Å². The molecule has 14 heavy (non-hydrogen) atoms. The van der Waals surface area contributed by atoms with E-state index in [9.17, 15) is 4.79 Å². The molecule has 0 atom stereocenters. The highest BCUT2D eigenvalue weighted by Crippen LogP contribution is 2.19. The Kier molecular flexibility index (Phi) is 2.14. The van der Waals surface area contributed by atoms with E-state index in [-0.39, 0.29) is 0 Å². The number of hydrogen-bond acceptors (Lipinski definition) is 3. The van der Waals surface area contributed by atoms with Gasteiger partial charge in [-0.05, 0) is 18.2 Å². The summed E-state index contributed by atoms with van der Waals surface area (Å²) in [7, 11) is 1.61. The van der Waals surface area contributed by atoms with Crippen molar-refractivity contribution < 1.29 is 9.53 Å². The van der Waals surface area contributed by atoms with E-state index in [0.29, 0.717) is 5.56 Å². The van der Waals surface area contributed by atoms with Crippen molar-refractivity contribution in [2.45, 2.75) is 0 Å². The van der Waals surface area contributed by atoms with E-state index in [4.69, 9.17) is 4.74 Å². The van der Waals surface area contributed by atoms with Gasteiger partial charge in [-0.15, -0.1) is 0 Å². The molecule has 2 aromatic rings. The third kappa shape index (κ3) is 1.44. The fourth-order valence-electron chi connectivity index (χ4n) is 1.31. The summed E-state index contributed by atoms with van der Waals surface area (Å²) >= 11 is 0. The number of aromatic nitrogens is 1. The molecule has 0 aliphatic heterocycles. The summed E-state index contributed by atoms with van der Waals surface area (Å²) in [6.45, 7) is 0. The van der Waals surface area contributed by atoms with Crippen LogP contribution in [0.5, 0.6) is 5.75 Å². The van der Waals surface area contributed by atoms with Crippen LogP contribution in [0, 0.1) is 0 Å². The van der Waals surface area contributed by atoms with Crippen molar-refractivity contribution in [1.82, 2.24) is 4.98 Å². The van der Waals surface area contributed by atoms with E-state index in [2.05, 4.69) is 4.98 Å². The molecule has 0 fully saturated rings. The van der Waals surface area contributed by atoms with Gasteiger partial charge in [-0.3, -0.25) is 9.78 Å². The maximum atomic E-state index is 10.5. The molecule has 1 aromatic heterocycles. The molecule has 1 aromatic carbocycles. The van der Waals surface area contributed by atoms with Crippen molar-refractivity contribution in [2.75, 3.05) is 7.11 Å². The number of rotatable bonds is 2. The fraction of sp³-hybridized carbons (Fsp3) is 0.0909. The first kappa shape index (κ1) is 8.69. The molecule has 0 unspecified atom stereocenters. The van der Waals surface area contributed by atoms with Crippen LogP contribution in [0.15, 0.2) is 30.5 Å². The smallest absolute Gasteiger partial charge is 0.151 e. The third-order valence-electron chi connectivity index (χ3n) is 2.05. The standard InChI is InChI=1S/C11H9NO2/c1-14-10-3-2-9-4-8(7-13)6-12-11(9)5-10/h2-7H,1H3. The fourth-order valence-corrected chi connectivity index (χ4v) is 1.31. The zero-order valence-electron chi connectivity index (χ0n) is 7.73. The van der Waals surface area contributed by atoms with Crippen molar-refractivity contribution in [1.29, 1.82) is 0 Å². The first-order valence-electron chi connectivity index (χ1n) is 4.22. The minimum Gasteiger partial charge on any atom is -0.497 e. The summed E-state index contributed by atoms with van der Waals surface area (Å²) in [6.07, 6.45) is 2.34. The second-order valence-electron chi connectivity index (χ2n) is 2.95. The minimum absolute atomic E-state index is 0.586. The Morgan fingerprint density at radius 1 is 1.36 bits per heavy atom. The van der Waals surface area contributed by atoms with Crippen molar-refractivity contribution in [3.8, 4) is 5.75 Å². The predicted octanol–water partition coefficient (Wildman–Crippen LogP) is 2.06. The molecule has 0 bridgehead atoms. The van der Waals surface area contributed by atoms with Gasteiger partial charge in [0.2, 0.25) is 0 Å². The van der Waals surface area contributed by atoms with Crippen LogP contribution in [0.25, 0.3) is 10.9 Å². The molecule has 0 radical (unpaired) electrons. The Bertz CT molecular complexity index is 480. The molecule has 0 saturated heterocycles. The van der Waals surface area contributed by atoms with Crippen LogP contribution in [-0.2, 0) is 0 Å². The predicted molar refractivity (Wildman–Crippen MR) is 53.7 cm³/mol. The topological polar surface area (TPSA) is 39.2 Å². The average molecular weight is 187 g/mol. The maximum absolute atomic E-state index is 10.5. The molecule has 2 rings (SSSR count). The minimum atomic E-state index is 0.586. The number of pyridine rings is 1. The molecule has 70 valence electrons. The Balaban J connectivity index is 2.63. The second kappa shape index (κ2) is 3.46. The van der Waals surface area contributed by atoms with Gasteiger partial charge in [0.05, 0.1) is 12.6 Å². The number of methoxy groups -OCH3 is 1. The highest BCUT2D eigenvalue weighted by molar-refractivity contribution is 5.86. The summed E-state index contributed by atoms with van der Waals surface area (Å²) in [5, 5.41) is 0.940. The third-order valence-corrected chi connectivity index (χ3v) is 2.05. The SMILES string of the molecule is COc1ccc2cc(C=O)cnc2c1. The van der Waals surface area contributed by atoms with E-state index in [1.807, 2.05) is 18.2 Å². The first-order chi connectivity index (χ1) is 6.83. The summed E-state index contributed by atoms with van der Waals surface area (Å²) in [5.41, 5.74) is 1.41. The first-order valence-corrected chi connectivity index (χ1v) is 4.22. The maximum Gasteiger partial charge on any atom is 0.151 e. The van der Waals surface area contributed by atoms with Crippen LogP contribution in [0.3, 0.4) is 0 Å². The molecule has 3 nitrogen and oxygen atoms in total. The molecule has 0 aliphatic rings. The molecule has 1 heterocycles. The van der Waals surface area contributed by atoms with Crippen LogP contribution in [-0.4, -0.2) is 18.4 Å². The zero-order valence-corrected chi connectivity index (χ0v) is 7.73. The number of carbonyl (C=O) groups excluding carboxylic acids is 1. The van der Waals surface area contributed by atoms with E-state index < -0.39 is 0 Å². The quantitative estimate of drug-likeness (QED) is 0.675. The number of ether oxygens (including phenoxy) is 1. The molecule has 3 heteroatoms. The van der Waals surface area contributed by atoms with Crippen molar-refractivity contribution in [3.05, 3.63) is 36.0 Å². The summed E-state index contributed by atoms with van der Waals surface area (Å²) < 4.78 is 5.07. The largest absolute Gasteiger partial charge is 0.497 e. The molecular weight excluding hydrogens is 178 g/mol. The lowest BCUT2D eigenvalue weighted by Gasteiger charge is -2.01. The lowest BCUT2D eigenvalue weighted by Crippen LogP contribution is -1.86. The molecule has 0 amide bonds. The lowest BCUT2D eigenvalue weighted by atomic mass is 10.2. The van der Waals surface area contributed by atoms with Gasteiger partial charge in [0.1, 0.15) is 5.75 Å². The van der Waals surface area contributed by atoms with Gasteiger partial charge in [-0.25, -0.2) is 0 Å². The lowest BCUT2D eigenvalue weighted by molar-refractivity contribution is 0.112. The molecule has 0 N–H and O–H groups in total. The van der Waals surface area contributed by atoms with Gasteiger partial charge in [0, 0.05) is 23.2 Å². The van der Waals surface area contributed by atoms with Crippen LogP contribution >= 0.6 is 0 Å². The van der Waals surface area contributed by atoms with Crippen LogP contribution in [0.1, 0.15) is 10.4 Å². The summed E-state index contributed by atoms with van der Waals surface area (Å²) in [4.78, 5) is 14.7. The number of aldehydes is 1. The Morgan fingerprint density at radius 3 is 2.93 bits per heavy atom. The average Bonchev–Trinajstić information content (AvgIpc) is 2.27. The monoisotopic (exact) mass is 187 g/mol. The Labute approximate surface area is 81.3 Å². The summed E-state index contributed by atoms with van der Waals surface area (Å²) in [6, 6.07) is 7.37. The van der Waals surface area contributed by atoms with Crippen LogP contribution in [0.2, 0.25) is 0 Å². The van der Waals surface area contributed by atoms with Gasteiger partial charge in [-0.2, -0.15) is 0 Å². The number of carbonyl (C=O) groups is 1. The molecule has 0 spiro atoms. The highest BCUT2D eigenvalue weighted by Gasteiger charge is 1.98. The van der Waals surface area contributed by atoms with Gasteiger partial charge in [0.25, 0.3) is 0 Å². The van der Waals surface area contributed by atoms with Crippen molar-refractivity contribution in [3.63, 3.8) is 0 Å². The van der Waals surface area contributed by atoms with E-state index in [1.165, 1.54) is 0 Å². The van der Waals surface area contributed by atoms with E-state index >= 15 is 0 Å². The summed E-state index contributed by atoms with van der Waals surface area (Å²) in [5.74, 6) is 0.767. The normalized spacial score (nSPS) is 10.1. The van der Waals surface area contributed by atoms with Crippen LogP contribution in [0.4, 0.5) is 0 Å². The molecule has 0 aliphatic carbocycles. The van der Waals surface area contributed by atoms with Crippen molar-refractivity contribution >= 4 is 17.2 Å². The Hall–Kier alpha value is -1.90. The number of benzene rings is 1. The van der Waals surface area contributed by atoms with Gasteiger partial charge >= 0.3 is 0 Å². The zero-order chi connectivity index (χ0) is 9.97. The highest BCUT2D eigenvalue weighted by atomic mass is 16.5. The van der Waals surface area contributed by atoms with Gasteiger partial charge < -0.3 is 4.74 Å². The number of nitrogens with zero attached hydrogens (tertiary/aromatic N) is 1. The Morgan fingerprint density at radius 2 is 2.21 bits per heavy atom. The van der Waals surface area contributed by atoms with Crippen LogP contribution < -0.4 is 4.74 Å². The van der Waals surface area contributed by atoms with Gasteiger partial charge in [-0.1, -0.05) is 0 Å². The number of fused-ring (bicyclic) bond motifs is 1. The van der Waals surface area contributed by atoms with E-state index in [1.54, 1.807) is 19.4 Å². The second-order valence-corrected chi connectivity index (χ2v) is 2.95.